The van der Waals surface area contributed by atoms with Crippen LogP contribution in [0.1, 0.15) is 12.8 Å². The molecule has 80 valence electrons. The molecule has 0 radical (unpaired) electrons. The number of benzene rings is 1. The lowest BCUT2D eigenvalue weighted by molar-refractivity contribution is 0.0854. The highest BCUT2D eigenvalue weighted by atomic mass is 16.5. The predicted molar refractivity (Wildman–Crippen MR) is 61.1 cm³/mol. The van der Waals surface area contributed by atoms with Crippen LogP contribution in [0.25, 0.3) is 0 Å². The number of methoxy groups -OCH3 is 1. The largest absolute Gasteiger partial charge is 0.379 e. The summed E-state index contributed by atoms with van der Waals surface area (Å²) in [6, 6.07) is 11.3. The van der Waals surface area contributed by atoms with Crippen molar-refractivity contribution in [3.8, 4) is 0 Å². The summed E-state index contributed by atoms with van der Waals surface area (Å²) in [6.45, 7) is 1.17. The lowest BCUT2D eigenvalue weighted by Gasteiger charge is -2.29. The second kappa shape index (κ2) is 3.53. The van der Waals surface area contributed by atoms with Crippen LogP contribution in [0.15, 0.2) is 30.3 Å². The van der Waals surface area contributed by atoms with Gasteiger partial charge in [0.2, 0.25) is 0 Å². The molecule has 2 bridgehead atoms. The van der Waals surface area contributed by atoms with E-state index in [-0.39, 0.29) is 0 Å². The van der Waals surface area contributed by atoms with E-state index < -0.39 is 0 Å². The number of piperidine rings is 1. The van der Waals surface area contributed by atoms with Crippen molar-refractivity contribution in [2.45, 2.75) is 25.0 Å². The van der Waals surface area contributed by atoms with E-state index in [9.17, 15) is 0 Å². The molecule has 3 atom stereocenters. The summed E-state index contributed by atoms with van der Waals surface area (Å²) < 4.78 is 5.61. The average Bonchev–Trinajstić information content (AvgIpc) is 2.86. The molecule has 3 rings (SSSR count). The zero-order chi connectivity index (χ0) is 10.3. The number of rotatable bonds is 2. The van der Waals surface area contributed by atoms with Gasteiger partial charge in [-0.2, -0.15) is 0 Å². The average molecular weight is 203 g/mol. The Balaban J connectivity index is 1.86. The molecule has 2 heteroatoms. The fourth-order valence-corrected chi connectivity index (χ4v) is 3.21. The number of anilines is 1. The van der Waals surface area contributed by atoms with Crippen LogP contribution < -0.4 is 4.90 Å². The molecule has 0 spiro atoms. The highest BCUT2D eigenvalue weighted by molar-refractivity contribution is 5.49. The van der Waals surface area contributed by atoms with Gasteiger partial charge in [-0.25, -0.2) is 0 Å². The molecular formula is C13H17NO. The van der Waals surface area contributed by atoms with Crippen molar-refractivity contribution in [1.29, 1.82) is 0 Å². The van der Waals surface area contributed by atoms with Crippen LogP contribution in [-0.2, 0) is 4.74 Å². The summed E-state index contributed by atoms with van der Waals surface area (Å²) in [5.41, 5.74) is 1.35. The summed E-state index contributed by atoms with van der Waals surface area (Å²) in [5, 5.41) is 0. The van der Waals surface area contributed by atoms with Crippen molar-refractivity contribution in [1.82, 2.24) is 0 Å². The van der Waals surface area contributed by atoms with E-state index in [0.717, 1.165) is 5.92 Å². The summed E-state index contributed by atoms with van der Waals surface area (Å²) >= 11 is 0. The number of hydrogen-bond acceptors (Lipinski definition) is 2. The molecule has 15 heavy (non-hydrogen) atoms. The van der Waals surface area contributed by atoms with Gasteiger partial charge in [0.15, 0.2) is 0 Å². The SMILES string of the molecule is CO[C@@H]1[C@H]2CC[C@H]1N(c1ccccc1)C2. The van der Waals surface area contributed by atoms with E-state index >= 15 is 0 Å². The highest BCUT2D eigenvalue weighted by Gasteiger charge is 2.46. The summed E-state index contributed by atoms with van der Waals surface area (Å²) in [6.07, 6.45) is 3.09. The zero-order valence-electron chi connectivity index (χ0n) is 9.10. The molecule has 0 amide bonds. The van der Waals surface area contributed by atoms with Crippen molar-refractivity contribution in [2.75, 3.05) is 18.6 Å². The third kappa shape index (κ3) is 1.36. The maximum absolute atomic E-state index is 5.61. The minimum absolute atomic E-state index is 0.463. The number of para-hydroxylation sites is 1. The van der Waals surface area contributed by atoms with Gasteiger partial charge >= 0.3 is 0 Å². The molecule has 2 fully saturated rings. The quantitative estimate of drug-likeness (QED) is 0.731. The van der Waals surface area contributed by atoms with Crippen molar-refractivity contribution in [3.05, 3.63) is 30.3 Å². The predicted octanol–water partition coefficient (Wildman–Crippen LogP) is 2.30. The second-order valence-corrected chi connectivity index (χ2v) is 4.59. The molecule has 1 aromatic rings. The molecule has 2 nitrogen and oxygen atoms in total. The third-order valence-electron chi connectivity index (χ3n) is 3.87. The Morgan fingerprint density at radius 2 is 2.00 bits per heavy atom. The fraction of sp³-hybridized carbons (Fsp3) is 0.538. The lowest BCUT2D eigenvalue weighted by atomic mass is 10.1. The van der Waals surface area contributed by atoms with E-state index in [1.54, 1.807) is 0 Å². The van der Waals surface area contributed by atoms with Crippen LogP contribution in [0, 0.1) is 5.92 Å². The first-order valence-corrected chi connectivity index (χ1v) is 5.74. The fourth-order valence-electron chi connectivity index (χ4n) is 3.21. The smallest absolute Gasteiger partial charge is 0.0819 e. The van der Waals surface area contributed by atoms with Crippen LogP contribution in [0.5, 0.6) is 0 Å². The molecule has 0 unspecified atom stereocenters. The summed E-state index contributed by atoms with van der Waals surface area (Å²) in [7, 11) is 1.85. The Hall–Kier alpha value is -1.02. The second-order valence-electron chi connectivity index (χ2n) is 4.59. The lowest BCUT2D eigenvalue weighted by Crippen LogP contribution is -2.34. The van der Waals surface area contributed by atoms with Gasteiger partial charge in [0.25, 0.3) is 0 Å². The minimum Gasteiger partial charge on any atom is -0.379 e. The molecule has 1 heterocycles. The first-order valence-electron chi connectivity index (χ1n) is 5.74. The van der Waals surface area contributed by atoms with Gasteiger partial charge in [-0.1, -0.05) is 18.2 Å². The molecule has 1 saturated carbocycles. The van der Waals surface area contributed by atoms with Crippen molar-refractivity contribution in [2.24, 2.45) is 5.92 Å². The third-order valence-corrected chi connectivity index (χ3v) is 3.87. The Labute approximate surface area is 90.8 Å². The summed E-state index contributed by atoms with van der Waals surface area (Å²) in [5.74, 6) is 0.750. The van der Waals surface area contributed by atoms with Gasteiger partial charge in [0.05, 0.1) is 12.1 Å². The number of nitrogens with zero attached hydrogens (tertiary/aromatic N) is 1. The normalized spacial score (nSPS) is 33.7. The van der Waals surface area contributed by atoms with E-state index in [2.05, 4.69) is 35.2 Å². The van der Waals surface area contributed by atoms with Gasteiger partial charge in [0, 0.05) is 25.3 Å². The van der Waals surface area contributed by atoms with Gasteiger partial charge in [-0.05, 0) is 25.0 Å². The topological polar surface area (TPSA) is 12.5 Å². The maximum atomic E-state index is 5.61. The summed E-state index contributed by atoms with van der Waals surface area (Å²) in [4.78, 5) is 2.52. The molecule has 1 saturated heterocycles. The molecular weight excluding hydrogens is 186 g/mol. The molecule has 2 aliphatic rings. The molecule has 1 aliphatic heterocycles. The van der Waals surface area contributed by atoms with E-state index in [4.69, 9.17) is 4.74 Å². The van der Waals surface area contributed by atoms with E-state index in [1.165, 1.54) is 25.1 Å². The van der Waals surface area contributed by atoms with Crippen LogP contribution in [-0.4, -0.2) is 25.8 Å². The maximum Gasteiger partial charge on any atom is 0.0819 e. The molecule has 0 N–H and O–H groups in total. The minimum atomic E-state index is 0.463. The highest BCUT2D eigenvalue weighted by Crippen LogP contribution is 2.41. The monoisotopic (exact) mass is 203 g/mol. The molecule has 1 aliphatic carbocycles. The Morgan fingerprint density at radius 1 is 1.20 bits per heavy atom. The van der Waals surface area contributed by atoms with Crippen molar-refractivity contribution in [3.63, 3.8) is 0 Å². The van der Waals surface area contributed by atoms with E-state index in [0.29, 0.717) is 12.1 Å². The van der Waals surface area contributed by atoms with Crippen LogP contribution >= 0.6 is 0 Å². The van der Waals surface area contributed by atoms with Gasteiger partial charge in [-0.15, -0.1) is 0 Å². The van der Waals surface area contributed by atoms with Crippen LogP contribution in [0.2, 0.25) is 0 Å². The molecule has 1 aromatic carbocycles. The number of ether oxygens (including phenoxy) is 1. The van der Waals surface area contributed by atoms with Crippen LogP contribution in [0.4, 0.5) is 5.69 Å². The van der Waals surface area contributed by atoms with Gasteiger partial charge < -0.3 is 9.64 Å². The van der Waals surface area contributed by atoms with Gasteiger partial charge in [0.1, 0.15) is 0 Å². The number of fused-ring (bicyclic) bond motifs is 2. The number of hydrogen-bond donors (Lipinski definition) is 0. The van der Waals surface area contributed by atoms with Gasteiger partial charge in [-0.3, -0.25) is 0 Å². The molecule has 0 aromatic heterocycles. The standard InChI is InChI=1S/C13H17NO/c1-15-13-10-7-8-12(13)14(9-10)11-5-3-2-4-6-11/h2-6,10,12-13H,7-9H2,1H3/t10-,12+,13+/m0/s1. The Bertz CT molecular complexity index is 338. The van der Waals surface area contributed by atoms with Crippen molar-refractivity contribution >= 4 is 5.69 Å². The first kappa shape index (κ1) is 9.22. The van der Waals surface area contributed by atoms with Crippen LogP contribution in [0.3, 0.4) is 0 Å². The van der Waals surface area contributed by atoms with E-state index in [1.807, 2.05) is 7.11 Å². The van der Waals surface area contributed by atoms with Crippen molar-refractivity contribution < 1.29 is 4.74 Å². The Kier molecular flexibility index (Phi) is 2.17. The zero-order valence-corrected chi connectivity index (χ0v) is 9.10. The first-order chi connectivity index (χ1) is 7.40. The Morgan fingerprint density at radius 3 is 2.67 bits per heavy atom.